The number of benzene rings is 2. The molecule has 0 radical (unpaired) electrons. The summed E-state index contributed by atoms with van der Waals surface area (Å²) in [6, 6.07) is 12.5. The van der Waals surface area contributed by atoms with Crippen LogP contribution in [0.1, 0.15) is 38.2 Å². The third-order valence-electron chi connectivity index (χ3n) is 3.39. The summed E-state index contributed by atoms with van der Waals surface area (Å²) in [5, 5.41) is 2.42. The molecule has 0 heterocycles. The van der Waals surface area contributed by atoms with Gasteiger partial charge in [0, 0.05) is 5.56 Å². The van der Waals surface area contributed by atoms with E-state index >= 15 is 0 Å². The lowest BCUT2D eigenvalue weighted by molar-refractivity contribution is 0.303. The molecule has 2 aromatic rings. The molecule has 0 amide bonds. The lowest BCUT2D eigenvalue weighted by atomic mass is 10.0. The van der Waals surface area contributed by atoms with Crippen molar-refractivity contribution < 1.29 is 4.74 Å². The van der Waals surface area contributed by atoms with E-state index in [1.54, 1.807) is 0 Å². The van der Waals surface area contributed by atoms with Crippen molar-refractivity contribution in [3.8, 4) is 5.75 Å². The minimum atomic E-state index is 0.492. The van der Waals surface area contributed by atoms with Gasteiger partial charge in [0.25, 0.3) is 0 Å². The lowest BCUT2D eigenvalue weighted by Crippen LogP contribution is -2.00. The van der Waals surface area contributed by atoms with Gasteiger partial charge in [-0.25, -0.2) is 0 Å². The number of hydrogen-bond donors (Lipinski definition) is 0. The molecular formula is C17H21ClO. The third kappa shape index (κ3) is 3.63. The van der Waals surface area contributed by atoms with Crippen LogP contribution in [0.25, 0.3) is 10.8 Å². The van der Waals surface area contributed by atoms with E-state index < -0.39 is 0 Å². The Labute approximate surface area is 120 Å². The van der Waals surface area contributed by atoms with Crippen LogP contribution in [0.5, 0.6) is 5.75 Å². The zero-order chi connectivity index (χ0) is 13.5. The first-order chi connectivity index (χ1) is 9.36. The summed E-state index contributed by atoms with van der Waals surface area (Å²) in [5.74, 6) is 1.43. The third-order valence-corrected chi connectivity index (χ3v) is 3.65. The quantitative estimate of drug-likeness (QED) is 0.477. The number of fused-ring (bicyclic) bond motifs is 1. The monoisotopic (exact) mass is 276 g/mol. The minimum absolute atomic E-state index is 0.492. The SMILES string of the molecule is CCCCCCOc1ccc2ccccc2c1CCl. The second-order valence-corrected chi connectivity index (χ2v) is 5.07. The van der Waals surface area contributed by atoms with Gasteiger partial charge >= 0.3 is 0 Å². The van der Waals surface area contributed by atoms with E-state index in [0.29, 0.717) is 5.88 Å². The van der Waals surface area contributed by atoms with E-state index in [0.717, 1.165) is 24.3 Å². The Morgan fingerprint density at radius 2 is 1.84 bits per heavy atom. The number of alkyl halides is 1. The van der Waals surface area contributed by atoms with Crippen LogP contribution < -0.4 is 4.74 Å². The number of halogens is 1. The molecule has 2 heteroatoms. The molecule has 0 N–H and O–H groups in total. The van der Waals surface area contributed by atoms with Crippen molar-refractivity contribution in [2.24, 2.45) is 0 Å². The highest BCUT2D eigenvalue weighted by molar-refractivity contribution is 6.18. The molecule has 0 saturated heterocycles. The summed E-state index contributed by atoms with van der Waals surface area (Å²) in [7, 11) is 0. The fraction of sp³-hybridized carbons (Fsp3) is 0.412. The molecule has 0 aliphatic carbocycles. The number of rotatable bonds is 7. The Morgan fingerprint density at radius 3 is 2.63 bits per heavy atom. The summed E-state index contributed by atoms with van der Waals surface area (Å²) in [6.07, 6.45) is 4.88. The molecule has 0 saturated carbocycles. The van der Waals surface area contributed by atoms with E-state index in [2.05, 4.69) is 25.1 Å². The zero-order valence-electron chi connectivity index (χ0n) is 11.5. The van der Waals surface area contributed by atoms with Crippen molar-refractivity contribution in [3.63, 3.8) is 0 Å². The average molecular weight is 277 g/mol. The van der Waals surface area contributed by atoms with Gasteiger partial charge < -0.3 is 4.74 Å². The summed E-state index contributed by atoms with van der Waals surface area (Å²) >= 11 is 6.09. The van der Waals surface area contributed by atoms with Crippen LogP contribution in [0, 0.1) is 0 Å². The van der Waals surface area contributed by atoms with Gasteiger partial charge in [0.05, 0.1) is 12.5 Å². The van der Waals surface area contributed by atoms with Crippen LogP contribution in [0.2, 0.25) is 0 Å². The van der Waals surface area contributed by atoms with Crippen LogP contribution in [-0.4, -0.2) is 6.61 Å². The molecule has 0 fully saturated rings. The molecule has 1 nitrogen and oxygen atoms in total. The molecule has 0 spiro atoms. The molecule has 0 bridgehead atoms. The average Bonchev–Trinajstić information content (AvgIpc) is 2.46. The molecular weight excluding hydrogens is 256 g/mol. The minimum Gasteiger partial charge on any atom is -0.493 e. The van der Waals surface area contributed by atoms with Gasteiger partial charge in [-0.15, -0.1) is 11.6 Å². The van der Waals surface area contributed by atoms with Crippen molar-refractivity contribution in [2.45, 2.75) is 38.5 Å². The van der Waals surface area contributed by atoms with Gasteiger partial charge in [0.15, 0.2) is 0 Å². The van der Waals surface area contributed by atoms with Crippen molar-refractivity contribution >= 4 is 22.4 Å². The molecule has 0 atom stereocenters. The van der Waals surface area contributed by atoms with Crippen LogP contribution >= 0.6 is 11.6 Å². The summed E-state index contributed by atoms with van der Waals surface area (Å²) in [5.41, 5.74) is 1.11. The van der Waals surface area contributed by atoms with Crippen molar-refractivity contribution in [1.82, 2.24) is 0 Å². The largest absolute Gasteiger partial charge is 0.493 e. The Morgan fingerprint density at radius 1 is 1.00 bits per heavy atom. The number of ether oxygens (including phenoxy) is 1. The van der Waals surface area contributed by atoms with E-state index in [4.69, 9.17) is 16.3 Å². The smallest absolute Gasteiger partial charge is 0.124 e. The van der Waals surface area contributed by atoms with Gasteiger partial charge in [0.2, 0.25) is 0 Å². The molecule has 0 aromatic heterocycles. The molecule has 2 rings (SSSR count). The van der Waals surface area contributed by atoms with Crippen LogP contribution in [-0.2, 0) is 5.88 Å². The second-order valence-electron chi connectivity index (χ2n) is 4.81. The van der Waals surface area contributed by atoms with Crippen LogP contribution in [0.3, 0.4) is 0 Å². The molecule has 0 unspecified atom stereocenters. The lowest BCUT2D eigenvalue weighted by Gasteiger charge is -2.12. The first-order valence-electron chi connectivity index (χ1n) is 7.06. The van der Waals surface area contributed by atoms with E-state index in [9.17, 15) is 0 Å². The Kier molecular flexibility index (Phi) is 5.53. The Hall–Kier alpha value is -1.21. The first-order valence-corrected chi connectivity index (χ1v) is 7.59. The highest BCUT2D eigenvalue weighted by atomic mass is 35.5. The standard InChI is InChI=1S/C17H21ClO/c1-2-3-4-7-12-19-17-11-10-14-8-5-6-9-15(14)16(17)13-18/h5-6,8-11H,2-4,7,12-13H2,1H3. The maximum absolute atomic E-state index is 6.09. The molecule has 19 heavy (non-hydrogen) atoms. The second kappa shape index (κ2) is 7.40. The maximum atomic E-state index is 6.09. The predicted molar refractivity (Wildman–Crippen MR) is 83.1 cm³/mol. The Bertz CT molecular complexity index is 522. The predicted octanol–water partition coefficient (Wildman–Crippen LogP) is 5.54. The van der Waals surface area contributed by atoms with Crippen LogP contribution in [0.4, 0.5) is 0 Å². The highest BCUT2D eigenvalue weighted by Gasteiger charge is 2.07. The van der Waals surface area contributed by atoms with Gasteiger partial charge in [0.1, 0.15) is 5.75 Å². The Balaban J connectivity index is 2.10. The maximum Gasteiger partial charge on any atom is 0.124 e. The van der Waals surface area contributed by atoms with Crippen LogP contribution in [0.15, 0.2) is 36.4 Å². The van der Waals surface area contributed by atoms with E-state index in [-0.39, 0.29) is 0 Å². The molecule has 2 aromatic carbocycles. The van der Waals surface area contributed by atoms with E-state index in [1.165, 1.54) is 30.0 Å². The summed E-state index contributed by atoms with van der Waals surface area (Å²) in [4.78, 5) is 0. The van der Waals surface area contributed by atoms with Gasteiger partial charge in [-0.1, -0.05) is 56.5 Å². The highest BCUT2D eigenvalue weighted by Crippen LogP contribution is 2.29. The van der Waals surface area contributed by atoms with Gasteiger partial charge in [-0.05, 0) is 23.3 Å². The zero-order valence-corrected chi connectivity index (χ0v) is 12.2. The number of hydrogen-bond acceptors (Lipinski definition) is 1. The fourth-order valence-corrected chi connectivity index (χ4v) is 2.58. The van der Waals surface area contributed by atoms with Crippen molar-refractivity contribution in [2.75, 3.05) is 6.61 Å². The topological polar surface area (TPSA) is 9.23 Å². The van der Waals surface area contributed by atoms with Crippen molar-refractivity contribution in [3.05, 3.63) is 42.0 Å². The molecule has 0 aliphatic heterocycles. The first kappa shape index (κ1) is 14.2. The number of unbranched alkanes of at least 4 members (excludes halogenated alkanes) is 3. The molecule has 102 valence electrons. The normalized spacial score (nSPS) is 10.8. The van der Waals surface area contributed by atoms with Gasteiger partial charge in [-0.3, -0.25) is 0 Å². The van der Waals surface area contributed by atoms with Gasteiger partial charge in [-0.2, -0.15) is 0 Å². The molecule has 0 aliphatic rings. The summed E-state index contributed by atoms with van der Waals surface area (Å²) in [6.45, 7) is 3.00. The van der Waals surface area contributed by atoms with Crippen molar-refractivity contribution in [1.29, 1.82) is 0 Å². The fourth-order valence-electron chi connectivity index (χ4n) is 2.30. The summed E-state index contributed by atoms with van der Waals surface area (Å²) < 4.78 is 5.90. The van der Waals surface area contributed by atoms with E-state index in [1.807, 2.05) is 18.2 Å².